The van der Waals surface area contributed by atoms with Crippen molar-refractivity contribution in [1.29, 1.82) is 0 Å². The lowest BCUT2D eigenvalue weighted by molar-refractivity contribution is -0.137. The second kappa shape index (κ2) is 3.34. The van der Waals surface area contributed by atoms with Gasteiger partial charge in [-0.3, -0.25) is 4.79 Å². The lowest BCUT2D eigenvalue weighted by atomic mass is 10.2. The molecule has 1 rings (SSSR count). The van der Waals surface area contributed by atoms with Gasteiger partial charge in [-0.15, -0.1) is 10.2 Å². The van der Waals surface area contributed by atoms with Gasteiger partial charge >= 0.3 is 5.97 Å². The third-order valence-corrected chi connectivity index (χ3v) is 1.47. The van der Waals surface area contributed by atoms with Gasteiger partial charge in [0.25, 0.3) is 0 Å². The zero-order valence-electron chi connectivity index (χ0n) is 7.06. The van der Waals surface area contributed by atoms with Crippen LogP contribution >= 0.6 is 0 Å². The predicted molar refractivity (Wildman–Crippen MR) is 41.7 cm³/mol. The lowest BCUT2D eigenvalue weighted by Crippen LogP contribution is -2.11. The minimum absolute atomic E-state index is 0.0689. The van der Waals surface area contributed by atoms with Crippen LogP contribution in [0.2, 0.25) is 0 Å². The number of carboxylic acid groups (broad SMARTS) is 1. The van der Waals surface area contributed by atoms with Gasteiger partial charge in [-0.2, -0.15) is 0 Å². The van der Waals surface area contributed by atoms with Crippen LogP contribution < -0.4 is 0 Å². The molecule has 5 nitrogen and oxygen atoms in total. The van der Waals surface area contributed by atoms with Crippen molar-refractivity contribution < 1.29 is 9.90 Å². The molecule has 0 bridgehead atoms. The predicted octanol–water partition coefficient (Wildman–Crippen LogP) is 0.486. The molecular formula is C7H11N3O2. The Kier molecular flexibility index (Phi) is 2.42. The van der Waals surface area contributed by atoms with Crippen molar-refractivity contribution >= 4 is 5.97 Å². The molecule has 0 spiro atoms. The van der Waals surface area contributed by atoms with E-state index in [0.717, 1.165) is 0 Å². The van der Waals surface area contributed by atoms with E-state index >= 15 is 0 Å². The molecule has 0 aliphatic heterocycles. The van der Waals surface area contributed by atoms with Gasteiger partial charge in [-0.05, 0) is 0 Å². The van der Waals surface area contributed by atoms with E-state index in [-0.39, 0.29) is 12.5 Å². The van der Waals surface area contributed by atoms with Crippen LogP contribution in [0.4, 0.5) is 0 Å². The van der Waals surface area contributed by atoms with E-state index in [1.165, 1.54) is 10.9 Å². The minimum atomic E-state index is -0.878. The molecule has 0 aliphatic rings. The average Bonchev–Trinajstić information content (AvgIpc) is 2.33. The summed E-state index contributed by atoms with van der Waals surface area (Å²) >= 11 is 0. The number of carboxylic acids is 1. The fourth-order valence-electron chi connectivity index (χ4n) is 0.979. The van der Waals surface area contributed by atoms with Crippen LogP contribution in [-0.2, 0) is 11.3 Å². The smallest absolute Gasteiger partial charge is 0.323 e. The van der Waals surface area contributed by atoms with Crippen molar-refractivity contribution in [2.24, 2.45) is 0 Å². The molecule has 12 heavy (non-hydrogen) atoms. The lowest BCUT2D eigenvalue weighted by Gasteiger charge is -2.04. The van der Waals surface area contributed by atoms with E-state index in [1.807, 2.05) is 13.8 Å². The topological polar surface area (TPSA) is 68.0 Å². The van der Waals surface area contributed by atoms with E-state index in [1.54, 1.807) is 0 Å². The summed E-state index contributed by atoms with van der Waals surface area (Å²) in [5, 5.41) is 16.0. The SMILES string of the molecule is CC(C)c1nncn1CC(=O)O. The molecule has 0 atom stereocenters. The average molecular weight is 169 g/mol. The van der Waals surface area contributed by atoms with Crippen molar-refractivity contribution in [2.75, 3.05) is 0 Å². The van der Waals surface area contributed by atoms with E-state index < -0.39 is 5.97 Å². The van der Waals surface area contributed by atoms with Crippen molar-refractivity contribution in [3.05, 3.63) is 12.2 Å². The van der Waals surface area contributed by atoms with E-state index in [9.17, 15) is 4.79 Å². The van der Waals surface area contributed by atoms with E-state index in [4.69, 9.17) is 5.11 Å². The second-order valence-corrected chi connectivity index (χ2v) is 2.87. The van der Waals surface area contributed by atoms with Gasteiger partial charge in [-0.25, -0.2) is 0 Å². The fourth-order valence-corrected chi connectivity index (χ4v) is 0.979. The summed E-state index contributed by atoms with van der Waals surface area (Å²) < 4.78 is 1.53. The van der Waals surface area contributed by atoms with Gasteiger partial charge in [0.2, 0.25) is 0 Å². The molecule has 0 fully saturated rings. The molecule has 1 heterocycles. The number of hydrogen-bond donors (Lipinski definition) is 1. The number of rotatable bonds is 3. The van der Waals surface area contributed by atoms with Crippen LogP contribution in [0, 0.1) is 0 Å². The first-order valence-corrected chi connectivity index (χ1v) is 3.70. The number of nitrogens with zero attached hydrogens (tertiary/aromatic N) is 3. The molecule has 1 aromatic heterocycles. The Labute approximate surface area is 70.0 Å². The molecule has 5 heteroatoms. The molecule has 66 valence electrons. The normalized spacial score (nSPS) is 10.6. The molecule has 0 aliphatic carbocycles. The monoisotopic (exact) mass is 169 g/mol. The highest BCUT2D eigenvalue weighted by atomic mass is 16.4. The second-order valence-electron chi connectivity index (χ2n) is 2.87. The first kappa shape index (κ1) is 8.70. The summed E-state index contributed by atoms with van der Waals surface area (Å²) in [6.45, 7) is 3.82. The van der Waals surface area contributed by atoms with Crippen molar-refractivity contribution in [3.63, 3.8) is 0 Å². The zero-order chi connectivity index (χ0) is 9.14. The summed E-state index contributed by atoms with van der Waals surface area (Å²) in [6.07, 6.45) is 1.43. The Morgan fingerprint density at radius 3 is 2.92 bits per heavy atom. The maximum atomic E-state index is 10.4. The zero-order valence-corrected chi connectivity index (χ0v) is 7.06. The number of aliphatic carboxylic acids is 1. The Balaban J connectivity index is 2.84. The molecule has 1 aromatic rings. The Bertz CT molecular complexity index is 280. The summed E-state index contributed by atoms with van der Waals surface area (Å²) in [5.41, 5.74) is 0. The van der Waals surface area contributed by atoms with Gasteiger partial charge in [-0.1, -0.05) is 13.8 Å². The summed E-state index contributed by atoms with van der Waals surface area (Å²) in [4.78, 5) is 10.4. The summed E-state index contributed by atoms with van der Waals surface area (Å²) in [7, 11) is 0. The Morgan fingerprint density at radius 2 is 2.42 bits per heavy atom. The standard InChI is InChI=1S/C7H11N3O2/c1-5(2)7-9-8-4-10(7)3-6(11)12/h4-5H,3H2,1-2H3,(H,11,12). The third kappa shape index (κ3) is 1.81. The first-order chi connectivity index (χ1) is 5.61. The highest BCUT2D eigenvalue weighted by Crippen LogP contribution is 2.09. The largest absolute Gasteiger partial charge is 0.480 e. The van der Waals surface area contributed by atoms with Crippen molar-refractivity contribution in [3.8, 4) is 0 Å². The van der Waals surface area contributed by atoms with E-state index in [2.05, 4.69) is 10.2 Å². The number of hydrogen-bond acceptors (Lipinski definition) is 3. The maximum Gasteiger partial charge on any atom is 0.323 e. The maximum absolute atomic E-state index is 10.4. The number of carbonyl (C=O) groups is 1. The van der Waals surface area contributed by atoms with Crippen LogP contribution in [0.3, 0.4) is 0 Å². The molecule has 0 radical (unpaired) electrons. The minimum Gasteiger partial charge on any atom is -0.480 e. The van der Waals surface area contributed by atoms with Crippen molar-refractivity contribution in [2.45, 2.75) is 26.3 Å². The molecule has 0 amide bonds. The molecule has 0 saturated heterocycles. The first-order valence-electron chi connectivity index (χ1n) is 3.70. The molecular weight excluding hydrogens is 158 g/mol. The quantitative estimate of drug-likeness (QED) is 0.714. The fraction of sp³-hybridized carbons (Fsp3) is 0.571. The van der Waals surface area contributed by atoms with Gasteiger partial charge < -0.3 is 9.67 Å². The molecule has 0 aromatic carbocycles. The van der Waals surface area contributed by atoms with Gasteiger partial charge in [0.1, 0.15) is 18.7 Å². The van der Waals surface area contributed by atoms with Gasteiger partial charge in [0.15, 0.2) is 0 Å². The summed E-state index contributed by atoms with van der Waals surface area (Å²) in [5.74, 6) is 0.0287. The van der Waals surface area contributed by atoms with Crippen LogP contribution in [0.25, 0.3) is 0 Å². The molecule has 0 unspecified atom stereocenters. The van der Waals surface area contributed by atoms with Gasteiger partial charge in [0.05, 0.1) is 0 Å². The summed E-state index contributed by atoms with van der Waals surface area (Å²) in [6, 6.07) is 0. The Morgan fingerprint density at radius 1 is 1.75 bits per heavy atom. The highest BCUT2D eigenvalue weighted by molar-refractivity contribution is 5.66. The highest BCUT2D eigenvalue weighted by Gasteiger charge is 2.09. The van der Waals surface area contributed by atoms with Gasteiger partial charge in [0, 0.05) is 5.92 Å². The van der Waals surface area contributed by atoms with Crippen LogP contribution in [0.15, 0.2) is 6.33 Å². The van der Waals surface area contributed by atoms with Crippen LogP contribution in [0.5, 0.6) is 0 Å². The van der Waals surface area contributed by atoms with Crippen LogP contribution in [0.1, 0.15) is 25.6 Å². The number of aromatic nitrogens is 3. The molecule has 0 saturated carbocycles. The third-order valence-electron chi connectivity index (χ3n) is 1.47. The Hall–Kier alpha value is -1.39. The van der Waals surface area contributed by atoms with E-state index in [0.29, 0.717) is 5.82 Å². The molecule has 1 N–H and O–H groups in total. The van der Waals surface area contributed by atoms with Crippen LogP contribution in [-0.4, -0.2) is 25.8 Å². The van der Waals surface area contributed by atoms with Crippen molar-refractivity contribution in [1.82, 2.24) is 14.8 Å².